The van der Waals surface area contributed by atoms with Gasteiger partial charge in [0.1, 0.15) is 0 Å². The average Bonchev–Trinajstić information content (AvgIpc) is 2.67. The number of hydrogen-bond acceptors (Lipinski definition) is 6. The van der Waals surface area contributed by atoms with Crippen molar-refractivity contribution in [1.82, 2.24) is 0 Å². The summed E-state index contributed by atoms with van der Waals surface area (Å²) in [6.07, 6.45) is 0. The third kappa shape index (κ3) is 9.18. The molecule has 2 aromatic carbocycles. The van der Waals surface area contributed by atoms with Crippen LogP contribution in [0, 0.1) is 0 Å². The summed E-state index contributed by atoms with van der Waals surface area (Å²) in [7, 11) is 0. The Kier molecular flexibility index (Phi) is 13.4. The van der Waals surface area contributed by atoms with Crippen LogP contribution >= 0.6 is 0 Å². The summed E-state index contributed by atoms with van der Waals surface area (Å²) in [6.45, 7) is 0. The van der Waals surface area contributed by atoms with Crippen LogP contribution in [-0.2, 0) is 0 Å². The van der Waals surface area contributed by atoms with Gasteiger partial charge < -0.3 is 33.5 Å². The van der Waals surface area contributed by atoms with Gasteiger partial charge in [-0.15, -0.1) is 0 Å². The van der Waals surface area contributed by atoms with Gasteiger partial charge in [0.25, 0.3) is 0 Å². The molecule has 0 amide bonds. The Hall–Kier alpha value is -2.74. The van der Waals surface area contributed by atoms with Crippen molar-refractivity contribution in [3.8, 4) is 0 Å². The first-order chi connectivity index (χ1) is 13.8. The molecule has 0 spiro atoms. The van der Waals surface area contributed by atoms with Crippen molar-refractivity contribution >= 4 is 35.8 Å². The first-order valence-electron chi connectivity index (χ1n) is 7.53. The Morgan fingerprint density at radius 3 is 0.531 bits per heavy atom. The zero-order valence-electron chi connectivity index (χ0n) is 18.6. The van der Waals surface area contributed by atoms with Crippen molar-refractivity contribution in [3.63, 3.8) is 0 Å². The molecule has 0 unspecified atom stereocenters. The SMILES string of the molecule is O=C(O)c1cc(C(=O)O)cc(C(=O)O)c1.O=C(O)c1cc(C(=O)O)cc(C(=O)O)c1.[H-].[H-].[Na+].[Na+]. The minimum atomic E-state index is -1.37. The van der Waals surface area contributed by atoms with Gasteiger partial charge in [-0.3, -0.25) is 0 Å². The molecule has 0 saturated heterocycles. The summed E-state index contributed by atoms with van der Waals surface area (Å²) in [5.74, 6) is -8.25. The predicted molar refractivity (Wildman–Crippen MR) is 96.9 cm³/mol. The van der Waals surface area contributed by atoms with E-state index in [0.29, 0.717) is 0 Å². The van der Waals surface area contributed by atoms with Crippen LogP contribution in [0.5, 0.6) is 0 Å². The Labute approximate surface area is 225 Å². The molecule has 2 rings (SSSR count). The minimum absolute atomic E-state index is 0. The largest absolute Gasteiger partial charge is 1.00 e. The van der Waals surface area contributed by atoms with E-state index in [9.17, 15) is 28.8 Å². The van der Waals surface area contributed by atoms with Crippen LogP contribution in [0.3, 0.4) is 0 Å². The average molecular weight is 468 g/mol. The van der Waals surface area contributed by atoms with Gasteiger partial charge in [0.15, 0.2) is 0 Å². The first kappa shape index (κ1) is 31.4. The number of rotatable bonds is 6. The van der Waals surface area contributed by atoms with Crippen molar-refractivity contribution in [3.05, 3.63) is 69.8 Å². The predicted octanol–water partition coefficient (Wildman–Crippen LogP) is -4.20. The molecule has 0 aliphatic carbocycles. The molecule has 160 valence electrons. The van der Waals surface area contributed by atoms with Gasteiger partial charge in [-0.25, -0.2) is 28.8 Å². The molecule has 0 heterocycles. The Bertz CT molecular complexity index is 845. The van der Waals surface area contributed by atoms with Crippen molar-refractivity contribution in [1.29, 1.82) is 0 Å². The van der Waals surface area contributed by atoms with Crippen LogP contribution in [0.25, 0.3) is 0 Å². The number of carbonyl (C=O) groups is 6. The van der Waals surface area contributed by atoms with E-state index in [-0.39, 0.29) is 95.3 Å². The molecule has 12 nitrogen and oxygen atoms in total. The molecule has 0 aliphatic heterocycles. The van der Waals surface area contributed by atoms with Crippen molar-refractivity contribution in [2.45, 2.75) is 0 Å². The van der Waals surface area contributed by atoms with E-state index in [1.54, 1.807) is 0 Å². The zero-order valence-corrected chi connectivity index (χ0v) is 20.6. The van der Waals surface area contributed by atoms with Crippen molar-refractivity contribution in [2.75, 3.05) is 0 Å². The van der Waals surface area contributed by atoms with Crippen molar-refractivity contribution in [2.24, 2.45) is 0 Å². The molecule has 0 aliphatic rings. The fourth-order valence-corrected chi connectivity index (χ4v) is 2.00. The third-order valence-electron chi connectivity index (χ3n) is 3.35. The number of carboxylic acids is 6. The van der Waals surface area contributed by atoms with Gasteiger partial charge in [-0.05, 0) is 36.4 Å². The van der Waals surface area contributed by atoms with Gasteiger partial charge in [-0.1, -0.05) is 0 Å². The number of hydrogen-bond donors (Lipinski definition) is 6. The van der Waals surface area contributed by atoms with Gasteiger partial charge >= 0.3 is 94.9 Å². The number of benzene rings is 2. The van der Waals surface area contributed by atoms with Crippen LogP contribution in [0.15, 0.2) is 36.4 Å². The molecule has 14 heteroatoms. The molecule has 32 heavy (non-hydrogen) atoms. The number of carboxylic acid groups (broad SMARTS) is 6. The molecule has 0 atom stereocenters. The molecule has 0 bridgehead atoms. The summed E-state index contributed by atoms with van der Waals surface area (Å²) >= 11 is 0. The van der Waals surface area contributed by atoms with Crippen LogP contribution in [-0.4, -0.2) is 66.5 Å². The molecular formula is C18H14Na2O12. The standard InChI is InChI=1S/2C9H6O6.2Na.2H/c2*10-7(11)4-1-5(8(12)13)3-6(2-4)9(14)15;;;;/h2*1-3H,(H,10,11)(H,12,13)(H,14,15);;;;/q;;2*+1;2*-1. The van der Waals surface area contributed by atoms with Gasteiger partial charge in [0, 0.05) is 0 Å². The molecule has 2 aromatic rings. The van der Waals surface area contributed by atoms with E-state index < -0.39 is 35.8 Å². The van der Waals surface area contributed by atoms with E-state index in [2.05, 4.69) is 0 Å². The Morgan fingerprint density at radius 2 is 0.469 bits per heavy atom. The normalized spacial score (nSPS) is 9.00. The second-order valence-corrected chi connectivity index (χ2v) is 5.43. The molecule has 0 saturated carbocycles. The molecule has 0 radical (unpaired) electrons. The zero-order chi connectivity index (χ0) is 23.2. The topological polar surface area (TPSA) is 224 Å². The van der Waals surface area contributed by atoms with Gasteiger partial charge in [0.2, 0.25) is 0 Å². The summed E-state index contributed by atoms with van der Waals surface area (Å²) < 4.78 is 0. The van der Waals surface area contributed by atoms with Crippen molar-refractivity contribution < 1.29 is 121 Å². The summed E-state index contributed by atoms with van der Waals surface area (Å²) in [5.41, 5.74) is -2.21. The third-order valence-corrected chi connectivity index (χ3v) is 3.35. The van der Waals surface area contributed by atoms with Crippen LogP contribution in [0.1, 0.15) is 65.0 Å². The molecule has 0 aromatic heterocycles. The fraction of sp³-hybridized carbons (Fsp3) is 0. The van der Waals surface area contributed by atoms with E-state index in [0.717, 1.165) is 36.4 Å². The van der Waals surface area contributed by atoms with Crippen LogP contribution < -0.4 is 59.1 Å². The maximum absolute atomic E-state index is 10.6. The molecule has 6 N–H and O–H groups in total. The second-order valence-electron chi connectivity index (χ2n) is 5.43. The maximum Gasteiger partial charge on any atom is 1.00 e. The van der Waals surface area contributed by atoms with E-state index in [1.165, 1.54) is 0 Å². The van der Waals surface area contributed by atoms with Crippen LogP contribution in [0.4, 0.5) is 0 Å². The van der Waals surface area contributed by atoms with E-state index >= 15 is 0 Å². The monoisotopic (exact) mass is 468 g/mol. The molecule has 0 fully saturated rings. The van der Waals surface area contributed by atoms with E-state index in [4.69, 9.17) is 30.6 Å². The fourth-order valence-electron chi connectivity index (χ4n) is 2.00. The van der Waals surface area contributed by atoms with E-state index in [1.807, 2.05) is 0 Å². The second kappa shape index (κ2) is 13.6. The van der Waals surface area contributed by atoms with Gasteiger partial charge in [0.05, 0.1) is 33.4 Å². The maximum atomic E-state index is 10.6. The van der Waals surface area contributed by atoms with Crippen LogP contribution in [0.2, 0.25) is 0 Å². The minimum Gasteiger partial charge on any atom is -1.00 e. The summed E-state index contributed by atoms with van der Waals surface area (Å²) in [6, 6.07) is 5.40. The quantitative estimate of drug-likeness (QED) is 0.222. The summed E-state index contributed by atoms with van der Waals surface area (Å²) in [5, 5.41) is 51.7. The summed E-state index contributed by atoms with van der Waals surface area (Å²) in [4.78, 5) is 63.4. The Morgan fingerprint density at radius 1 is 0.375 bits per heavy atom. The molecular weight excluding hydrogens is 454 g/mol. The first-order valence-corrected chi connectivity index (χ1v) is 7.53. The smallest absolute Gasteiger partial charge is 1.00 e. The van der Waals surface area contributed by atoms with Gasteiger partial charge in [-0.2, -0.15) is 0 Å². The Balaban J connectivity index is -0.000000237. The number of aromatic carboxylic acids is 6.